The fraction of sp³-hybridized carbons (Fsp3) is 0.167. The first-order valence-electron chi connectivity index (χ1n) is 5.19. The van der Waals surface area contributed by atoms with Gasteiger partial charge in [-0.15, -0.1) is 11.8 Å². The number of benzene rings is 1. The number of methoxy groups -OCH3 is 1. The molecule has 1 aromatic carbocycles. The number of thioether (sulfide) groups is 1. The number of rotatable bonds is 4. The second kappa shape index (κ2) is 6.06. The number of halogens is 1. The molecular weight excluding hydrogens is 316 g/mol. The summed E-state index contributed by atoms with van der Waals surface area (Å²) in [6.45, 7) is 0. The summed E-state index contributed by atoms with van der Waals surface area (Å²) in [5.41, 5.74) is 0.377. The van der Waals surface area contributed by atoms with E-state index in [1.807, 2.05) is 24.3 Å². The summed E-state index contributed by atoms with van der Waals surface area (Å²) in [6.07, 6.45) is 1.49. The van der Waals surface area contributed by atoms with E-state index in [4.69, 9.17) is 0 Å². The average Bonchev–Trinajstić information content (AvgIpc) is 2.84. The maximum atomic E-state index is 11.2. The van der Waals surface area contributed by atoms with E-state index in [1.165, 1.54) is 13.3 Å². The standard InChI is InChI=1S/C12H11BrN2O2S/c1-17-12(16)10-6-14-11(15-10)7-18-9-4-2-3-8(13)5-9/h2-6H,7H2,1H3,(H,14,15). The van der Waals surface area contributed by atoms with E-state index in [0.29, 0.717) is 11.4 Å². The van der Waals surface area contributed by atoms with E-state index in [2.05, 4.69) is 30.6 Å². The molecule has 94 valence electrons. The Bertz CT molecular complexity index is 557. The van der Waals surface area contributed by atoms with E-state index in [1.54, 1.807) is 11.8 Å². The number of H-pyrrole nitrogens is 1. The van der Waals surface area contributed by atoms with Crippen molar-refractivity contribution in [1.82, 2.24) is 9.97 Å². The Morgan fingerprint density at radius 1 is 1.56 bits per heavy atom. The van der Waals surface area contributed by atoms with Crippen LogP contribution < -0.4 is 0 Å². The molecule has 2 aromatic rings. The van der Waals surface area contributed by atoms with Crippen LogP contribution in [0, 0.1) is 0 Å². The molecule has 0 amide bonds. The minimum atomic E-state index is -0.402. The van der Waals surface area contributed by atoms with Crippen LogP contribution in [-0.4, -0.2) is 23.0 Å². The quantitative estimate of drug-likeness (QED) is 0.692. The lowest BCUT2D eigenvalue weighted by Crippen LogP contribution is -2.01. The molecule has 0 bridgehead atoms. The average molecular weight is 327 g/mol. The van der Waals surface area contributed by atoms with Crippen molar-refractivity contribution in [3.8, 4) is 0 Å². The van der Waals surface area contributed by atoms with Gasteiger partial charge in [0.25, 0.3) is 0 Å². The van der Waals surface area contributed by atoms with Gasteiger partial charge in [-0.05, 0) is 18.2 Å². The first-order chi connectivity index (χ1) is 8.69. The molecule has 1 aromatic heterocycles. The number of hydrogen-bond donors (Lipinski definition) is 1. The van der Waals surface area contributed by atoms with E-state index in [-0.39, 0.29) is 0 Å². The van der Waals surface area contributed by atoms with Crippen LogP contribution in [0.2, 0.25) is 0 Å². The van der Waals surface area contributed by atoms with Crippen LogP contribution in [-0.2, 0) is 10.5 Å². The molecule has 2 rings (SSSR count). The zero-order valence-electron chi connectivity index (χ0n) is 9.64. The van der Waals surface area contributed by atoms with Gasteiger partial charge >= 0.3 is 5.97 Å². The lowest BCUT2D eigenvalue weighted by atomic mass is 10.4. The van der Waals surface area contributed by atoms with E-state index in [9.17, 15) is 4.79 Å². The topological polar surface area (TPSA) is 55.0 Å². The number of nitrogens with zero attached hydrogens (tertiary/aromatic N) is 1. The molecule has 0 saturated heterocycles. The van der Waals surface area contributed by atoms with Crippen molar-refractivity contribution in [2.24, 2.45) is 0 Å². The summed E-state index contributed by atoms with van der Waals surface area (Å²) in [5, 5.41) is 0. The molecule has 0 fully saturated rings. The van der Waals surface area contributed by atoms with Gasteiger partial charge in [0.15, 0.2) is 0 Å². The normalized spacial score (nSPS) is 10.3. The molecule has 4 nitrogen and oxygen atoms in total. The summed E-state index contributed by atoms with van der Waals surface area (Å²) < 4.78 is 5.65. The predicted molar refractivity (Wildman–Crippen MR) is 73.6 cm³/mol. The Kier molecular flexibility index (Phi) is 4.43. The number of nitrogens with one attached hydrogen (secondary N) is 1. The number of imidazole rings is 1. The van der Waals surface area contributed by atoms with Gasteiger partial charge in [0.2, 0.25) is 0 Å². The van der Waals surface area contributed by atoms with Crippen LogP contribution in [0.1, 0.15) is 16.3 Å². The number of carbonyl (C=O) groups excluding carboxylic acids is 1. The molecule has 0 aliphatic heterocycles. The summed E-state index contributed by atoms with van der Waals surface area (Å²) >= 11 is 5.07. The summed E-state index contributed by atoms with van der Waals surface area (Å²) in [5.74, 6) is 1.02. The van der Waals surface area contributed by atoms with Gasteiger partial charge in [-0.25, -0.2) is 9.78 Å². The first-order valence-corrected chi connectivity index (χ1v) is 6.97. The van der Waals surface area contributed by atoms with E-state index in [0.717, 1.165) is 15.2 Å². The largest absolute Gasteiger partial charge is 0.464 e. The third-order valence-corrected chi connectivity index (χ3v) is 3.70. The zero-order chi connectivity index (χ0) is 13.0. The molecule has 18 heavy (non-hydrogen) atoms. The third-order valence-electron chi connectivity index (χ3n) is 2.21. The molecule has 0 aliphatic carbocycles. The highest BCUT2D eigenvalue weighted by atomic mass is 79.9. The lowest BCUT2D eigenvalue weighted by Gasteiger charge is -2.00. The monoisotopic (exact) mass is 326 g/mol. The highest BCUT2D eigenvalue weighted by Crippen LogP contribution is 2.24. The van der Waals surface area contributed by atoms with Crippen molar-refractivity contribution in [3.05, 3.63) is 46.5 Å². The maximum absolute atomic E-state index is 11.2. The highest BCUT2D eigenvalue weighted by Gasteiger charge is 2.09. The van der Waals surface area contributed by atoms with Gasteiger partial charge in [0.1, 0.15) is 11.5 Å². The Morgan fingerprint density at radius 3 is 3.11 bits per heavy atom. The zero-order valence-corrected chi connectivity index (χ0v) is 12.0. The Balaban J connectivity index is 1.98. The minimum absolute atomic E-state index is 0.377. The molecule has 0 radical (unpaired) electrons. The second-order valence-corrected chi connectivity index (χ2v) is 5.45. The van der Waals surface area contributed by atoms with Gasteiger partial charge in [-0.1, -0.05) is 22.0 Å². The predicted octanol–water partition coefficient (Wildman–Crippen LogP) is 3.25. The summed E-state index contributed by atoms with van der Waals surface area (Å²) in [7, 11) is 1.35. The molecule has 6 heteroatoms. The van der Waals surface area contributed by atoms with Crippen molar-refractivity contribution in [3.63, 3.8) is 0 Å². The van der Waals surface area contributed by atoms with Crippen molar-refractivity contribution in [2.75, 3.05) is 7.11 Å². The molecule has 0 saturated carbocycles. The Labute approximate surface area is 117 Å². The Hall–Kier alpha value is -1.27. The maximum Gasteiger partial charge on any atom is 0.356 e. The number of ether oxygens (including phenoxy) is 1. The fourth-order valence-corrected chi connectivity index (χ4v) is 2.74. The SMILES string of the molecule is COC(=O)c1cnc(CSc2cccc(Br)c2)[nH]1. The van der Waals surface area contributed by atoms with Gasteiger partial charge in [-0.2, -0.15) is 0 Å². The number of aromatic amines is 1. The Morgan fingerprint density at radius 2 is 2.39 bits per heavy atom. The molecule has 0 spiro atoms. The van der Waals surface area contributed by atoms with Crippen molar-refractivity contribution >= 4 is 33.7 Å². The van der Waals surface area contributed by atoms with Crippen molar-refractivity contribution < 1.29 is 9.53 Å². The third kappa shape index (κ3) is 3.36. The van der Waals surface area contributed by atoms with Crippen LogP contribution in [0.25, 0.3) is 0 Å². The lowest BCUT2D eigenvalue weighted by molar-refractivity contribution is 0.0594. The number of aromatic nitrogens is 2. The molecule has 0 atom stereocenters. The molecule has 1 heterocycles. The smallest absolute Gasteiger partial charge is 0.356 e. The molecule has 1 N–H and O–H groups in total. The summed E-state index contributed by atoms with van der Waals surface area (Å²) in [4.78, 5) is 19.4. The fourth-order valence-electron chi connectivity index (χ4n) is 1.36. The van der Waals surface area contributed by atoms with Crippen molar-refractivity contribution in [1.29, 1.82) is 0 Å². The molecule has 0 aliphatic rings. The number of esters is 1. The minimum Gasteiger partial charge on any atom is -0.464 e. The van der Waals surface area contributed by atoms with Crippen LogP contribution >= 0.6 is 27.7 Å². The first kappa shape index (κ1) is 13.2. The molecular formula is C12H11BrN2O2S. The van der Waals surface area contributed by atoms with E-state index >= 15 is 0 Å². The van der Waals surface area contributed by atoms with Gasteiger partial charge in [-0.3, -0.25) is 0 Å². The van der Waals surface area contributed by atoms with Crippen LogP contribution in [0.15, 0.2) is 39.8 Å². The number of carbonyl (C=O) groups is 1. The van der Waals surface area contributed by atoms with Crippen LogP contribution in [0.4, 0.5) is 0 Å². The van der Waals surface area contributed by atoms with Crippen molar-refractivity contribution in [2.45, 2.75) is 10.6 Å². The van der Waals surface area contributed by atoms with Gasteiger partial charge < -0.3 is 9.72 Å². The van der Waals surface area contributed by atoms with E-state index < -0.39 is 5.97 Å². The van der Waals surface area contributed by atoms with Crippen LogP contribution in [0.5, 0.6) is 0 Å². The number of hydrogen-bond acceptors (Lipinski definition) is 4. The van der Waals surface area contributed by atoms with Crippen LogP contribution in [0.3, 0.4) is 0 Å². The molecule has 0 unspecified atom stereocenters. The summed E-state index contributed by atoms with van der Waals surface area (Å²) in [6, 6.07) is 8.02. The second-order valence-electron chi connectivity index (χ2n) is 3.48. The highest BCUT2D eigenvalue weighted by molar-refractivity contribution is 9.10. The van der Waals surface area contributed by atoms with Gasteiger partial charge in [0.05, 0.1) is 19.1 Å². The van der Waals surface area contributed by atoms with Gasteiger partial charge in [0, 0.05) is 9.37 Å².